The lowest BCUT2D eigenvalue weighted by Gasteiger charge is -2.13. The molecule has 0 amide bonds. The number of rotatable bonds is 5. The molecule has 3 nitrogen and oxygen atoms in total. The number of carbonyl (C=O) groups is 1. The largest absolute Gasteiger partial charge is 0.497 e. The quantitative estimate of drug-likeness (QED) is 0.824. The molecule has 0 aromatic heterocycles. The first-order chi connectivity index (χ1) is 7.54. The molecule has 0 heterocycles. The second-order valence-electron chi connectivity index (χ2n) is 4.22. The topological polar surface area (TPSA) is 52.3 Å². The molecule has 0 aliphatic carbocycles. The van der Waals surface area contributed by atoms with E-state index in [1.165, 1.54) is 0 Å². The van der Waals surface area contributed by atoms with Gasteiger partial charge >= 0.3 is 0 Å². The van der Waals surface area contributed by atoms with Crippen molar-refractivity contribution in [1.82, 2.24) is 0 Å². The molecule has 0 fully saturated rings. The smallest absolute Gasteiger partial charge is 0.152 e. The summed E-state index contributed by atoms with van der Waals surface area (Å²) >= 11 is 0. The number of Topliss-reactive ketones (excluding diaryl/α,β-unsaturated/α-hetero) is 1. The second kappa shape index (κ2) is 5.66. The Kier molecular flexibility index (Phi) is 4.50. The molecule has 1 aromatic carbocycles. The Labute approximate surface area is 96.6 Å². The van der Waals surface area contributed by atoms with Crippen LogP contribution in [0.5, 0.6) is 5.75 Å². The van der Waals surface area contributed by atoms with Gasteiger partial charge in [0.25, 0.3) is 0 Å². The number of hydrogen-bond acceptors (Lipinski definition) is 3. The predicted molar refractivity (Wildman–Crippen MR) is 64.5 cm³/mol. The van der Waals surface area contributed by atoms with E-state index in [0.29, 0.717) is 6.42 Å². The van der Waals surface area contributed by atoms with Gasteiger partial charge in [-0.15, -0.1) is 0 Å². The van der Waals surface area contributed by atoms with Crippen molar-refractivity contribution in [3.63, 3.8) is 0 Å². The first-order valence-corrected chi connectivity index (χ1v) is 5.47. The highest BCUT2D eigenvalue weighted by atomic mass is 16.5. The highest BCUT2D eigenvalue weighted by Crippen LogP contribution is 2.13. The van der Waals surface area contributed by atoms with Crippen LogP contribution in [0.15, 0.2) is 24.3 Å². The molecule has 0 aliphatic rings. The Morgan fingerprint density at radius 2 is 1.88 bits per heavy atom. The Morgan fingerprint density at radius 3 is 2.31 bits per heavy atom. The van der Waals surface area contributed by atoms with Crippen LogP contribution in [-0.4, -0.2) is 18.9 Å². The fraction of sp³-hybridized carbons (Fsp3) is 0.462. The zero-order valence-electron chi connectivity index (χ0n) is 10.1. The van der Waals surface area contributed by atoms with E-state index in [4.69, 9.17) is 10.5 Å². The summed E-state index contributed by atoms with van der Waals surface area (Å²) in [5, 5.41) is 0. The van der Waals surface area contributed by atoms with Crippen molar-refractivity contribution in [2.24, 2.45) is 11.7 Å². The molecular formula is C13H19NO2. The van der Waals surface area contributed by atoms with Crippen LogP contribution in [0.3, 0.4) is 0 Å². The predicted octanol–water partition coefficient (Wildman–Crippen LogP) is 1.79. The number of methoxy groups -OCH3 is 1. The van der Waals surface area contributed by atoms with E-state index in [-0.39, 0.29) is 11.7 Å². The summed E-state index contributed by atoms with van der Waals surface area (Å²) in [5.74, 6) is 0.913. The summed E-state index contributed by atoms with van der Waals surface area (Å²) in [6.07, 6.45) is 0.584. The SMILES string of the molecule is COc1ccc(C[C@@H](N)C(=O)C(C)C)cc1. The summed E-state index contributed by atoms with van der Waals surface area (Å²) in [4.78, 5) is 11.6. The van der Waals surface area contributed by atoms with Crippen LogP contribution in [0.1, 0.15) is 19.4 Å². The third-order valence-electron chi connectivity index (χ3n) is 2.55. The monoisotopic (exact) mass is 221 g/mol. The first-order valence-electron chi connectivity index (χ1n) is 5.47. The Bertz CT molecular complexity index is 343. The summed E-state index contributed by atoms with van der Waals surface area (Å²) in [7, 11) is 1.63. The van der Waals surface area contributed by atoms with E-state index in [9.17, 15) is 4.79 Å². The van der Waals surface area contributed by atoms with Crippen molar-refractivity contribution in [1.29, 1.82) is 0 Å². The Balaban J connectivity index is 2.62. The summed E-state index contributed by atoms with van der Waals surface area (Å²) in [5.41, 5.74) is 6.90. The molecule has 1 rings (SSSR count). The third kappa shape index (κ3) is 3.35. The van der Waals surface area contributed by atoms with Crippen LogP contribution in [0.25, 0.3) is 0 Å². The molecule has 0 bridgehead atoms. The van der Waals surface area contributed by atoms with Crippen LogP contribution in [-0.2, 0) is 11.2 Å². The van der Waals surface area contributed by atoms with Crippen molar-refractivity contribution in [2.75, 3.05) is 7.11 Å². The Hall–Kier alpha value is -1.35. The van der Waals surface area contributed by atoms with Crippen molar-refractivity contribution in [3.05, 3.63) is 29.8 Å². The minimum atomic E-state index is -0.409. The van der Waals surface area contributed by atoms with Crippen LogP contribution in [0.2, 0.25) is 0 Å². The van der Waals surface area contributed by atoms with Crippen molar-refractivity contribution in [2.45, 2.75) is 26.3 Å². The highest BCUT2D eigenvalue weighted by Gasteiger charge is 2.17. The molecule has 0 saturated carbocycles. The van der Waals surface area contributed by atoms with Gasteiger partial charge in [-0.25, -0.2) is 0 Å². The maximum absolute atomic E-state index is 11.6. The zero-order chi connectivity index (χ0) is 12.1. The molecule has 0 saturated heterocycles. The normalized spacial score (nSPS) is 12.6. The second-order valence-corrected chi connectivity index (χ2v) is 4.22. The van der Waals surface area contributed by atoms with Gasteiger partial charge in [0.2, 0.25) is 0 Å². The van der Waals surface area contributed by atoms with Gasteiger partial charge in [-0.2, -0.15) is 0 Å². The Morgan fingerprint density at radius 1 is 1.31 bits per heavy atom. The standard InChI is InChI=1S/C13H19NO2/c1-9(2)13(15)12(14)8-10-4-6-11(16-3)7-5-10/h4-7,9,12H,8,14H2,1-3H3/t12-/m1/s1. The van der Waals surface area contributed by atoms with Gasteiger partial charge in [-0.3, -0.25) is 4.79 Å². The van der Waals surface area contributed by atoms with Gasteiger partial charge in [0.15, 0.2) is 5.78 Å². The van der Waals surface area contributed by atoms with Crippen LogP contribution >= 0.6 is 0 Å². The molecule has 0 unspecified atom stereocenters. The number of hydrogen-bond donors (Lipinski definition) is 1. The fourth-order valence-electron chi connectivity index (χ4n) is 1.54. The first kappa shape index (κ1) is 12.7. The van der Waals surface area contributed by atoms with E-state index in [2.05, 4.69) is 0 Å². The van der Waals surface area contributed by atoms with Gasteiger partial charge < -0.3 is 10.5 Å². The molecule has 1 aromatic rings. The minimum absolute atomic E-state index is 0.00625. The molecule has 3 heteroatoms. The van der Waals surface area contributed by atoms with E-state index >= 15 is 0 Å². The molecule has 0 radical (unpaired) electrons. The van der Waals surface area contributed by atoms with Crippen LogP contribution in [0.4, 0.5) is 0 Å². The maximum atomic E-state index is 11.6. The van der Waals surface area contributed by atoms with E-state index in [1.807, 2.05) is 38.1 Å². The average Bonchev–Trinajstić information content (AvgIpc) is 2.28. The minimum Gasteiger partial charge on any atom is -0.497 e. The molecule has 2 N–H and O–H groups in total. The van der Waals surface area contributed by atoms with Crippen molar-refractivity contribution >= 4 is 5.78 Å². The van der Waals surface area contributed by atoms with Gasteiger partial charge in [-0.05, 0) is 24.1 Å². The van der Waals surface area contributed by atoms with E-state index < -0.39 is 6.04 Å². The maximum Gasteiger partial charge on any atom is 0.152 e. The number of nitrogens with two attached hydrogens (primary N) is 1. The van der Waals surface area contributed by atoms with Crippen molar-refractivity contribution < 1.29 is 9.53 Å². The number of ketones is 1. The molecule has 0 spiro atoms. The summed E-state index contributed by atoms with van der Waals surface area (Å²) in [6.45, 7) is 3.74. The van der Waals surface area contributed by atoms with Crippen LogP contribution in [0, 0.1) is 5.92 Å². The summed E-state index contributed by atoms with van der Waals surface area (Å²) < 4.78 is 5.06. The van der Waals surface area contributed by atoms with Gasteiger partial charge in [0.1, 0.15) is 5.75 Å². The lowest BCUT2D eigenvalue weighted by Crippen LogP contribution is -2.35. The molecule has 88 valence electrons. The van der Waals surface area contributed by atoms with E-state index in [1.54, 1.807) is 7.11 Å². The van der Waals surface area contributed by atoms with Gasteiger partial charge in [0, 0.05) is 5.92 Å². The number of ether oxygens (including phenoxy) is 1. The zero-order valence-corrected chi connectivity index (χ0v) is 10.1. The lowest BCUT2D eigenvalue weighted by atomic mass is 9.96. The van der Waals surface area contributed by atoms with Gasteiger partial charge in [-0.1, -0.05) is 26.0 Å². The number of carbonyl (C=O) groups excluding carboxylic acids is 1. The van der Waals surface area contributed by atoms with E-state index in [0.717, 1.165) is 11.3 Å². The van der Waals surface area contributed by atoms with Crippen molar-refractivity contribution in [3.8, 4) is 5.75 Å². The van der Waals surface area contributed by atoms with Crippen LogP contribution < -0.4 is 10.5 Å². The fourth-order valence-corrected chi connectivity index (χ4v) is 1.54. The molecule has 1 atom stereocenters. The molecular weight excluding hydrogens is 202 g/mol. The lowest BCUT2D eigenvalue weighted by molar-refractivity contribution is -0.123. The third-order valence-corrected chi connectivity index (χ3v) is 2.55. The highest BCUT2D eigenvalue weighted by molar-refractivity contribution is 5.85. The van der Waals surface area contributed by atoms with Gasteiger partial charge in [0.05, 0.1) is 13.2 Å². The number of benzene rings is 1. The molecule has 16 heavy (non-hydrogen) atoms. The summed E-state index contributed by atoms with van der Waals surface area (Å²) in [6, 6.07) is 7.22. The molecule has 0 aliphatic heterocycles. The average molecular weight is 221 g/mol.